The van der Waals surface area contributed by atoms with Crippen molar-refractivity contribution in [3.8, 4) is 11.4 Å². The summed E-state index contributed by atoms with van der Waals surface area (Å²) >= 11 is 1.38. The first-order chi connectivity index (χ1) is 10.8. The number of benzene rings is 1. The zero-order valence-corrected chi connectivity index (χ0v) is 12.6. The lowest BCUT2D eigenvalue weighted by Crippen LogP contribution is -2.23. The summed E-state index contributed by atoms with van der Waals surface area (Å²) in [7, 11) is 1.61. The van der Waals surface area contributed by atoms with Gasteiger partial charge in [-0.25, -0.2) is 9.67 Å². The number of rotatable bonds is 5. The van der Waals surface area contributed by atoms with E-state index in [1.165, 1.54) is 11.3 Å². The summed E-state index contributed by atoms with van der Waals surface area (Å²) in [4.78, 5) is 15.8. The fourth-order valence-corrected chi connectivity index (χ4v) is 2.38. The molecule has 1 amide bonds. The van der Waals surface area contributed by atoms with Crippen LogP contribution in [0.15, 0.2) is 41.4 Å². The third-order valence-corrected chi connectivity index (χ3v) is 3.54. The van der Waals surface area contributed by atoms with Crippen LogP contribution in [0.25, 0.3) is 5.69 Å². The minimum Gasteiger partial charge on any atom is -0.497 e. The van der Waals surface area contributed by atoms with Gasteiger partial charge in [-0.05, 0) is 12.1 Å². The van der Waals surface area contributed by atoms with Crippen molar-refractivity contribution in [2.45, 2.75) is 6.54 Å². The van der Waals surface area contributed by atoms with Crippen molar-refractivity contribution >= 4 is 17.2 Å². The molecule has 0 atom stereocenters. The number of carbonyl (C=O) groups is 1. The third-order valence-electron chi connectivity index (χ3n) is 2.95. The Balaban J connectivity index is 1.67. The van der Waals surface area contributed by atoms with E-state index < -0.39 is 0 Å². The van der Waals surface area contributed by atoms with Gasteiger partial charge in [0.25, 0.3) is 5.91 Å². The summed E-state index contributed by atoms with van der Waals surface area (Å²) < 4.78 is 6.81. The van der Waals surface area contributed by atoms with Gasteiger partial charge in [-0.3, -0.25) is 4.79 Å². The Bertz CT molecular complexity index is 769. The van der Waals surface area contributed by atoms with E-state index in [0.29, 0.717) is 17.9 Å². The smallest absolute Gasteiger partial charge is 0.271 e. The predicted octanol–water partition coefficient (Wildman–Crippen LogP) is 1.66. The molecule has 0 aliphatic carbocycles. The monoisotopic (exact) mass is 315 g/mol. The van der Waals surface area contributed by atoms with E-state index in [2.05, 4.69) is 20.6 Å². The lowest BCUT2D eigenvalue weighted by atomic mass is 10.3. The Morgan fingerprint density at radius 1 is 1.45 bits per heavy atom. The molecule has 2 heterocycles. The largest absolute Gasteiger partial charge is 0.497 e. The van der Waals surface area contributed by atoms with E-state index in [1.54, 1.807) is 28.9 Å². The SMILES string of the molecule is COc1cccc(-n2cc(CNC(=O)c3cscn3)nn2)c1. The molecule has 2 aromatic heterocycles. The zero-order valence-electron chi connectivity index (χ0n) is 11.8. The number of nitrogens with one attached hydrogen (secondary N) is 1. The average Bonchev–Trinajstić information content (AvgIpc) is 3.24. The second kappa shape index (κ2) is 6.35. The minimum atomic E-state index is -0.225. The van der Waals surface area contributed by atoms with Crippen molar-refractivity contribution in [1.29, 1.82) is 0 Å². The van der Waals surface area contributed by atoms with Gasteiger partial charge in [0, 0.05) is 11.4 Å². The highest BCUT2D eigenvalue weighted by Gasteiger charge is 2.09. The summed E-state index contributed by atoms with van der Waals surface area (Å²) in [5.41, 5.74) is 3.52. The van der Waals surface area contributed by atoms with Crippen molar-refractivity contribution in [3.05, 3.63) is 52.7 Å². The Hall–Kier alpha value is -2.74. The van der Waals surface area contributed by atoms with Crippen LogP contribution >= 0.6 is 11.3 Å². The number of amides is 1. The quantitative estimate of drug-likeness (QED) is 0.774. The first-order valence-corrected chi connectivity index (χ1v) is 7.42. The van der Waals surface area contributed by atoms with Crippen molar-refractivity contribution < 1.29 is 9.53 Å². The number of carbonyl (C=O) groups excluding carboxylic acids is 1. The normalized spacial score (nSPS) is 10.4. The molecule has 7 nitrogen and oxygen atoms in total. The number of hydrogen-bond donors (Lipinski definition) is 1. The van der Waals surface area contributed by atoms with Crippen molar-refractivity contribution in [3.63, 3.8) is 0 Å². The summed E-state index contributed by atoms with van der Waals surface area (Å²) in [5.74, 6) is 0.517. The maximum absolute atomic E-state index is 11.8. The Kier molecular flexibility index (Phi) is 4.10. The standard InChI is InChI=1S/C14H13N5O2S/c1-21-12-4-2-3-11(5-12)19-7-10(17-18-19)6-15-14(20)13-8-22-9-16-13/h2-5,7-9H,6H2,1H3,(H,15,20). The molecule has 3 aromatic rings. The molecule has 0 saturated carbocycles. The molecular weight excluding hydrogens is 302 g/mol. The molecule has 0 unspecified atom stereocenters. The molecule has 112 valence electrons. The van der Waals surface area contributed by atoms with Gasteiger partial charge in [0.15, 0.2) is 0 Å². The molecule has 0 aliphatic rings. The van der Waals surface area contributed by atoms with Crippen LogP contribution in [0, 0.1) is 0 Å². The Morgan fingerprint density at radius 3 is 3.14 bits per heavy atom. The second-order valence-electron chi connectivity index (χ2n) is 4.41. The van der Waals surface area contributed by atoms with E-state index >= 15 is 0 Å². The molecule has 1 aromatic carbocycles. The number of nitrogens with zero attached hydrogens (tertiary/aromatic N) is 4. The number of methoxy groups -OCH3 is 1. The van der Waals surface area contributed by atoms with Crippen LogP contribution in [0.3, 0.4) is 0 Å². The molecule has 0 radical (unpaired) electrons. The highest BCUT2D eigenvalue weighted by molar-refractivity contribution is 7.07. The third kappa shape index (κ3) is 3.12. The van der Waals surface area contributed by atoms with Crippen LogP contribution in [0.2, 0.25) is 0 Å². The average molecular weight is 315 g/mol. The van der Waals surface area contributed by atoms with Crippen molar-refractivity contribution in [2.24, 2.45) is 0 Å². The number of ether oxygens (including phenoxy) is 1. The molecule has 0 saturated heterocycles. The number of hydrogen-bond acceptors (Lipinski definition) is 6. The summed E-state index contributed by atoms with van der Waals surface area (Å²) in [6.07, 6.45) is 1.76. The van der Waals surface area contributed by atoms with Gasteiger partial charge in [-0.1, -0.05) is 11.3 Å². The molecule has 22 heavy (non-hydrogen) atoms. The van der Waals surface area contributed by atoms with E-state index in [-0.39, 0.29) is 5.91 Å². The fourth-order valence-electron chi connectivity index (χ4n) is 1.84. The van der Waals surface area contributed by atoms with E-state index in [9.17, 15) is 4.79 Å². The second-order valence-corrected chi connectivity index (χ2v) is 5.13. The highest BCUT2D eigenvalue weighted by Crippen LogP contribution is 2.15. The van der Waals surface area contributed by atoms with Gasteiger partial charge >= 0.3 is 0 Å². The lowest BCUT2D eigenvalue weighted by molar-refractivity contribution is 0.0946. The first-order valence-electron chi connectivity index (χ1n) is 6.48. The van der Waals surface area contributed by atoms with Gasteiger partial charge in [-0.15, -0.1) is 16.4 Å². The summed E-state index contributed by atoms with van der Waals surface area (Å²) in [6.45, 7) is 0.292. The minimum absolute atomic E-state index is 0.225. The molecule has 0 bridgehead atoms. The number of thiazole rings is 1. The molecule has 8 heteroatoms. The van der Waals surface area contributed by atoms with Gasteiger partial charge in [0.1, 0.15) is 17.1 Å². The lowest BCUT2D eigenvalue weighted by Gasteiger charge is -2.03. The Labute approximate surface area is 130 Å². The molecular formula is C14H13N5O2S. The first kappa shape index (κ1) is 14.2. The van der Waals surface area contributed by atoms with E-state index in [4.69, 9.17) is 4.74 Å². The van der Waals surface area contributed by atoms with Gasteiger partial charge in [0.05, 0.1) is 31.0 Å². The van der Waals surface area contributed by atoms with Crippen LogP contribution in [-0.4, -0.2) is 33.0 Å². The molecule has 1 N–H and O–H groups in total. The molecule has 0 fully saturated rings. The van der Waals surface area contributed by atoms with Gasteiger partial charge in [-0.2, -0.15) is 0 Å². The summed E-state index contributed by atoms with van der Waals surface area (Å²) in [6, 6.07) is 7.48. The molecule has 3 rings (SSSR count). The predicted molar refractivity (Wildman–Crippen MR) is 81.2 cm³/mol. The van der Waals surface area contributed by atoms with Crippen molar-refractivity contribution in [1.82, 2.24) is 25.3 Å². The highest BCUT2D eigenvalue weighted by atomic mass is 32.1. The van der Waals surface area contributed by atoms with Crippen LogP contribution in [0.5, 0.6) is 5.75 Å². The maximum atomic E-state index is 11.8. The zero-order chi connectivity index (χ0) is 15.4. The van der Waals surface area contributed by atoms with Crippen LogP contribution < -0.4 is 10.1 Å². The summed E-state index contributed by atoms with van der Waals surface area (Å²) in [5, 5.41) is 12.5. The molecule has 0 spiro atoms. The van der Waals surface area contributed by atoms with E-state index in [1.807, 2.05) is 24.3 Å². The van der Waals surface area contributed by atoms with Crippen LogP contribution in [0.4, 0.5) is 0 Å². The molecule has 0 aliphatic heterocycles. The van der Waals surface area contributed by atoms with Crippen molar-refractivity contribution in [2.75, 3.05) is 7.11 Å². The van der Waals surface area contributed by atoms with E-state index in [0.717, 1.165) is 11.4 Å². The topological polar surface area (TPSA) is 81.9 Å². The fraction of sp³-hybridized carbons (Fsp3) is 0.143. The maximum Gasteiger partial charge on any atom is 0.271 e. The van der Waals surface area contributed by atoms with Gasteiger partial charge in [0.2, 0.25) is 0 Å². The van der Waals surface area contributed by atoms with Gasteiger partial charge < -0.3 is 10.1 Å². The van der Waals surface area contributed by atoms with Crippen LogP contribution in [0.1, 0.15) is 16.2 Å². The number of aromatic nitrogens is 4. The van der Waals surface area contributed by atoms with Crippen LogP contribution in [-0.2, 0) is 6.54 Å². The Morgan fingerprint density at radius 2 is 2.36 bits per heavy atom.